The summed E-state index contributed by atoms with van der Waals surface area (Å²) in [6, 6.07) is 1.39. The van der Waals surface area contributed by atoms with Crippen LogP contribution in [0.25, 0.3) is 0 Å². The number of hydrogen-bond donors (Lipinski definition) is 2. The highest BCUT2D eigenvalue weighted by molar-refractivity contribution is 7.92. The molecule has 21 heavy (non-hydrogen) atoms. The van der Waals surface area contributed by atoms with Gasteiger partial charge >= 0.3 is 5.97 Å². The number of anilines is 1. The van der Waals surface area contributed by atoms with E-state index in [-0.39, 0.29) is 5.69 Å². The Kier molecular flexibility index (Phi) is 4.05. The number of carboxylic acids is 1. The normalized spacial score (nSPS) is 11.1. The summed E-state index contributed by atoms with van der Waals surface area (Å²) in [5.41, 5.74) is -0.605. The van der Waals surface area contributed by atoms with Crippen LogP contribution in [-0.4, -0.2) is 29.5 Å². The van der Waals surface area contributed by atoms with Crippen molar-refractivity contribution < 1.29 is 22.7 Å². The van der Waals surface area contributed by atoms with E-state index in [0.717, 1.165) is 6.07 Å². The van der Waals surface area contributed by atoms with Crippen molar-refractivity contribution in [2.75, 3.05) is 4.72 Å². The standard InChI is InChI=1S/C11H7ClFN3O4S/c12-10-8(11(17)18)1-7(2-9(10)13)21(19,20)16-6-3-14-5-15-4-6/h1-5,16H,(H,17,18). The first-order chi connectivity index (χ1) is 9.81. The summed E-state index contributed by atoms with van der Waals surface area (Å²) in [6.45, 7) is 0. The van der Waals surface area contributed by atoms with Crippen molar-refractivity contribution in [2.45, 2.75) is 4.90 Å². The first kappa shape index (κ1) is 15.1. The number of aromatic carboxylic acids is 1. The van der Waals surface area contributed by atoms with Gasteiger partial charge in [-0.2, -0.15) is 0 Å². The van der Waals surface area contributed by atoms with Crippen molar-refractivity contribution in [1.82, 2.24) is 9.97 Å². The molecule has 0 radical (unpaired) electrons. The molecule has 1 aromatic heterocycles. The van der Waals surface area contributed by atoms with Gasteiger partial charge in [-0.25, -0.2) is 27.6 Å². The number of aromatic nitrogens is 2. The monoisotopic (exact) mass is 331 g/mol. The van der Waals surface area contributed by atoms with Crippen LogP contribution in [0.15, 0.2) is 35.7 Å². The van der Waals surface area contributed by atoms with Crippen molar-refractivity contribution in [3.63, 3.8) is 0 Å². The predicted molar refractivity (Wildman–Crippen MR) is 71.2 cm³/mol. The first-order valence-corrected chi connectivity index (χ1v) is 7.17. The van der Waals surface area contributed by atoms with E-state index >= 15 is 0 Å². The van der Waals surface area contributed by atoms with E-state index in [2.05, 4.69) is 14.7 Å². The third kappa shape index (κ3) is 3.26. The van der Waals surface area contributed by atoms with Gasteiger partial charge in [-0.05, 0) is 12.1 Å². The van der Waals surface area contributed by atoms with Gasteiger partial charge in [-0.15, -0.1) is 0 Å². The van der Waals surface area contributed by atoms with Crippen molar-refractivity contribution in [3.05, 3.63) is 47.3 Å². The molecule has 0 amide bonds. The van der Waals surface area contributed by atoms with Crippen LogP contribution < -0.4 is 4.72 Å². The van der Waals surface area contributed by atoms with Crippen molar-refractivity contribution in [1.29, 1.82) is 0 Å². The highest BCUT2D eigenvalue weighted by atomic mass is 35.5. The Morgan fingerprint density at radius 3 is 2.48 bits per heavy atom. The minimum atomic E-state index is -4.20. The van der Waals surface area contributed by atoms with Crippen LogP contribution in [0.1, 0.15) is 10.4 Å². The van der Waals surface area contributed by atoms with E-state index in [4.69, 9.17) is 16.7 Å². The zero-order chi connectivity index (χ0) is 15.6. The maximum atomic E-state index is 13.6. The molecule has 10 heteroatoms. The minimum absolute atomic E-state index is 0.0460. The molecule has 0 aliphatic rings. The second-order valence-corrected chi connectivity index (χ2v) is 5.86. The third-order valence-corrected chi connectivity index (χ3v) is 4.10. The molecule has 1 aromatic carbocycles. The van der Waals surface area contributed by atoms with Gasteiger partial charge in [0.25, 0.3) is 10.0 Å². The van der Waals surface area contributed by atoms with Crippen LogP contribution in [0.4, 0.5) is 10.1 Å². The lowest BCUT2D eigenvalue weighted by atomic mass is 10.2. The molecule has 0 spiro atoms. The van der Waals surface area contributed by atoms with Crippen molar-refractivity contribution >= 4 is 33.3 Å². The number of nitrogens with zero attached hydrogens (tertiary/aromatic N) is 2. The number of carboxylic acid groups (broad SMARTS) is 1. The van der Waals surface area contributed by atoms with Gasteiger partial charge in [-0.3, -0.25) is 4.72 Å². The predicted octanol–water partition coefficient (Wildman–Crippen LogP) is 1.77. The number of sulfonamides is 1. The number of nitrogens with one attached hydrogen (secondary N) is 1. The minimum Gasteiger partial charge on any atom is -0.478 e. The number of hydrogen-bond acceptors (Lipinski definition) is 5. The lowest BCUT2D eigenvalue weighted by Gasteiger charge is -2.09. The molecule has 1 heterocycles. The lowest BCUT2D eigenvalue weighted by molar-refractivity contribution is 0.0696. The molecule has 0 atom stereocenters. The summed E-state index contributed by atoms with van der Waals surface area (Å²) in [4.78, 5) is 17.6. The molecule has 2 aromatic rings. The number of carbonyl (C=O) groups is 1. The average molecular weight is 332 g/mol. The Hall–Kier alpha value is -2.26. The van der Waals surface area contributed by atoms with Gasteiger partial charge in [0, 0.05) is 0 Å². The van der Waals surface area contributed by atoms with Gasteiger partial charge in [0.05, 0.1) is 33.6 Å². The van der Waals surface area contributed by atoms with E-state index in [1.54, 1.807) is 0 Å². The van der Waals surface area contributed by atoms with Crippen LogP contribution in [0.2, 0.25) is 5.02 Å². The summed E-state index contributed by atoms with van der Waals surface area (Å²) in [5, 5.41) is 8.22. The van der Waals surface area contributed by atoms with Gasteiger partial charge in [0.15, 0.2) is 0 Å². The summed E-state index contributed by atoms with van der Waals surface area (Å²) < 4.78 is 39.8. The summed E-state index contributed by atoms with van der Waals surface area (Å²) in [7, 11) is -4.20. The summed E-state index contributed by atoms with van der Waals surface area (Å²) in [5.74, 6) is -2.69. The molecule has 0 fully saturated rings. The quantitative estimate of drug-likeness (QED) is 0.883. The first-order valence-electron chi connectivity index (χ1n) is 5.31. The molecule has 2 N–H and O–H groups in total. The largest absolute Gasteiger partial charge is 0.478 e. The molecule has 0 bridgehead atoms. The zero-order valence-electron chi connectivity index (χ0n) is 10.1. The van der Waals surface area contributed by atoms with Crippen LogP contribution in [0, 0.1) is 5.82 Å². The molecule has 2 rings (SSSR count). The van der Waals surface area contributed by atoms with Crippen LogP contribution in [0.5, 0.6) is 0 Å². The highest BCUT2D eigenvalue weighted by Gasteiger charge is 2.22. The second kappa shape index (κ2) is 5.62. The summed E-state index contributed by atoms with van der Waals surface area (Å²) >= 11 is 5.48. The third-order valence-electron chi connectivity index (χ3n) is 2.36. The van der Waals surface area contributed by atoms with Crippen LogP contribution >= 0.6 is 11.6 Å². The second-order valence-electron chi connectivity index (χ2n) is 3.80. The maximum absolute atomic E-state index is 13.6. The van der Waals surface area contributed by atoms with E-state index < -0.39 is 37.3 Å². The van der Waals surface area contributed by atoms with Gasteiger partial charge in [-0.1, -0.05) is 11.6 Å². The Labute approximate surface area is 123 Å². The Morgan fingerprint density at radius 1 is 1.29 bits per heavy atom. The molecular weight excluding hydrogens is 325 g/mol. The smallest absolute Gasteiger partial charge is 0.337 e. The van der Waals surface area contributed by atoms with Crippen LogP contribution in [0.3, 0.4) is 0 Å². The molecule has 110 valence electrons. The number of rotatable bonds is 4. The lowest BCUT2D eigenvalue weighted by Crippen LogP contribution is -2.15. The molecule has 0 saturated carbocycles. The van der Waals surface area contributed by atoms with Crippen molar-refractivity contribution in [2.24, 2.45) is 0 Å². The fraction of sp³-hybridized carbons (Fsp3) is 0. The van der Waals surface area contributed by atoms with E-state index in [1.165, 1.54) is 18.7 Å². The maximum Gasteiger partial charge on any atom is 0.337 e. The van der Waals surface area contributed by atoms with Gasteiger partial charge in [0.2, 0.25) is 0 Å². The Bertz CT molecular complexity index is 799. The Balaban J connectivity index is 2.48. The van der Waals surface area contributed by atoms with E-state index in [0.29, 0.717) is 6.07 Å². The molecule has 0 aliphatic heterocycles. The van der Waals surface area contributed by atoms with Gasteiger partial charge in [0.1, 0.15) is 12.1 Å². The molecule has 7 nitrogen and oxygen atoms in total. The number of benzene rings is 1. The summed E-state index contributed by atoms with van der Waals surface area (Å²) in [6.07, 6.45) is 3.58. The topological polar surface area (TPSA) is 109 Å². The van der Waals surface area contributed by atoms with E-state index in [1.807, 2.05) is 0 Å². The SMILES string of the molecule is O=C(O)c1cc(S(=O)(=O)Nc2cncnc2)cc(F)c1Cl. The fourth-order valence-corrected chi connectivity index (χ4v) is 2.70. The molecule has 0 saturated heterocycles. The zero-order valence-corrected chi connectivity index (χ0v) is 11.7. The molecule has 0 unspecified atom stereocenters. The highest BCUT2D eigenvalue weighted by Crippen LogP contribution is 2.25. The van der Waals surface area contributed by atoms with Gasteiger partial charge < -0.3 is 5.11 Å². The Morgan fingerprint density at radius 2 is 1.90 bits per heavy atom. The average Bonchev–Trinajstić information content (AvgIpc) is 2.41. The molecular formula is C11H7ClFN3O4S. The fourth-order valence-electron chi connectivity index (χ4n) is 1.44. The number of halogens is 2. The molecule has 0 aliphatic carbocycles. The van der Waals surface area contributed by atoms with E-state index in [9.17, 15) is 17.6 Å². The van der Waals surface area contributed by atoms with Crippen LogP contribution in [-0.2, 0) is 10.0 Å². The van der Waals surface area contributed by atoms with Crippen molar-refractivity contribution in [3.8, 4) is 0 Å².